The second kappa shape index (κ2) is 8.41. The molecule has 0 aliphatic carbocycles. The Morgan fingerprint density at radius 2 is 1.97 bits per heavy atom. The molecule has 5 rings (SSSR count). The molecule has 1 N–H and O–H groups in total. The van der Waals surface area contributed by atoms with Gasteiger partial charge in [-0.15, -0.1) is 0 Å². The van der Waals surface area contributed by atoms with E-state index in [2.05, 4.69) is 40.3 Å². The summed E-state index contributed by atoms with van der Waals surface area (Å²) in [5.41, 5.74) is 4.92. The van der Waals surface area contributed by atoms with Gasteiger partial charge < -0.3 is 29.3 Å². The fourth-order valence-corrected chi connectivity index (χ4v) is 4.59. The maximum absolute atomic E-state index is 12.3. The number of carbonyl (C=O) groups excluding carboxylic acids is 1. The molecular weight excluding hydrogens is 420 g/mol. The summed E-state index contributed by atoms with van der Waals surface area (Å²) in [6.45, 7) is 12.7. The first-order chi connectivity index (χ1) is 15.8. The van der Waals surface area contributed by atoms with Crippen LogP contribution in [0.1, 0.15) is 43.4 Å². The normalized spacial score (nSPS) is 18.3. The first-order valence-electron chi connectivity index (χ1n) is 11.6. The number of hydrogen-bond acceptors (Lipinski definition) is 7. The van der Waals surface area contributed by atoms with Crippen molar-refractivity contribution >= 4 is 23.3 Å². The van der Waals surface area contributed by atoms with Crippen LogP contribution in [0.15, 0.2) is 24.4 Å². The molecule has 0 unspecified atom stereocenters. The Bertz CT molecular complexity index is 1050. The molecule has 3 aliphatic rings. The minimum absolute atomic E-state index is 0.250. The number of nitrogens with one attached hydrogen (secondary N) is 1. The van der Waals surface area contributed by atoms with Crippen LogP contribution in [0.2, 0.25) is 0 Å². The lowest BCUT2D eigenvalue weighted by molar-refractivity contribution is 0.00819. The van der Waals surface area contributed by atoms with Gasteiger partial charge >= 0.3 is 6.09 Å². The smallest absolute Gasteiger partial charge is 0.410 e. The first-order valence-corrected chi connectivity index (χ1v) is 11.6. The summed E-state index contributed by atoms with van der Waals surface area (Å²) < 4.78 is 17.3. The summed E-state index contributed by atoms with van der Waals surface area (Å²) in [5.74, 6) is 1.96. The third-order valence-electron chi connectivity index (χ3n) is 6.30. The van der Waals surface area contributed by atoms with Crippen molar-refractivity contribution < 1.29 is 19.0 Å². The molecule has 4 heterocycles. The van der Waals surface area contributed by atoms with Crippen molar-refractivity contribution in [2.24, 2.45) is 0 Å². The SMILES string of the molecule is Cc1cc(C2CN(C(=O)OC(C)(C)C)C2)cc2c1OCc1c(N3CCOCC3)ccnc1N2. The van der Waals surface area contributed by atoms with Crippen LogP contribution in [-0.4, -0.2) is 61.0 Å². The maximum atomic E-state index is 12.3. The Balaban J connectivity index is 1.35. The number of rotatable bonds is 2. The molecule has 33 heavy (non-hydrogen) atoms. The maximum Gasteiger partial charge on any atom is 0.410 e. The lowest BCUT2D eigenvalue weighted by atomic mass is 9.90. The fourth-order valence-electron chi connectivity index (χ4n) is 4.59. The van der Waals surface area contributed by atoms with Crippen molar-refractivity contribution in [3.8, 4) is 5.75 Å². The van der Waals surface area contributed by atoms with Gasteiger partial charge in [0.25, 0.3) is 0 Å². The van der Waals surface area contributed by atoms with E-state index >= 15 is 0 Å². The number of aromatic nitrogens is 1. The van der Waals surface area contributed by atoms with E-state index < -0.39 is 5.60 Å². The number of amides is 1. The molecule has 0 spiro atoms. The summed E-state index contributed by atoms with van der Waals surface area (Å²) in [7, 11) is 0. The van der Waals surface area contributed by atoms with Gasteiger partial charge in [0.15, 0.2) is 0 Å². The number of pyridine rings is 1. The van der Waals surface area contributed by atoms with Crippen molar-refractivity contribution in [1.82, 2.24) is 9.88 Å². The number of morpholine rings is 1. The minimum Gasteiger partial charge on any atom is -0.486 e. The molecular formula is C25H32N4O4. The van der Waals surface area contributed by atoms with Crippen LogP contribution < -0.4 is 15.0 Å². The van der Waals surface area contributed by atoms with E-state index in [1.54, 1.807) is 4.90 Å². The lowest BCUT2D eigenvalue weighted by Gasteiger charge is -2.40. The highest BCUT2D eigenvalue weighted by atomic mass is 16.6. The second-order valence-electron chi connectivity index (χ2n) is 9.97. The molecule has 0 atom stereocenters. The summed E-state index contributed by atoms with van der Waals surface area (Å²) in [6.07, 6.45) is 1.60. The van der Waals surface area contributed by atoms with E-state index in [4.69, 9.17) is 14.2 Å². The third-order valence-corrected chi connectivity index (χ3v) is 6.30. The van der Waals surface area contributed by atoms with Gasteiger partial charge in [0.05, 0.1) is 24.5 Å². The zero-order chi connectivity index (χ0) is 23.2. The first kappa shape index (κ1) is 21.8. The zero-order valence-corrected chi connectivity index (χ0v) is 19.8. The topological polar surface area (TPSA) is 76.2 Å². The van der Waals surface area contributed by atoms with E-state index in [0.29, 0.717) is 19.7 Å². The zero-order valence-electron chi connectivity index (χ0n) is 19.8. The number of likely N-dealkylation sites (tertiary alicyclic amines) is 1. The molecule has 1 amide bonds. The van der Waals surface area contributed by atoms with Crippen LogP contribution in [0, 0.1) is 6.92 Å². The van der Waals surface area contributed by atoms with Crippen LogP contribution in [0.25, 0.3) is 0 Å². The van der Waals surface area contributed by atoms with Crippen LogP contribution in [0.4, 0.5) is 22.0 Å². The molecule has 0 bridgehead atoms. The average Bonchev–Trinajstić information content (AvgIpc) is 2.91. The molecule has 2 fully saturated rings. The number of benzene rings is 1. The Kier molecular flexibility index (Phi) is 5.56. The summed E-state index contributed by atoms with van der Waals surface area (Å²) in [4.78, 5) is 21.0. The van der Waals surface area contributed by atoms with Gasteiger partial charge in [-0.3, -0.25) is 0 Å². The number of aryl methyl sites for hydroxylation is 1. The van der Waals surface area contributed by atoms with Crippen LogP contribution in [0.5, 0.6) is 5.75 Å². The van der Waals surface area contributed by atoms with Crippen LogP contribution in [0.3, 0.4) is 0 Å². The Labute approximate surface area is 194 Å². The number of carbonyl (C=O) groups is 1. The Morgan fingerprint density at radius 3 is 2.70 bits per heavy atom. The van der Waals surface area contributed by atoms with Crippen LogP contribution in [-0.2, 0) is 16.1 Å². The molecule has 8 nitrogen and oxygen atoms in total. The predicted octanol–water partition coefficient (Wildman–Crippen LogP) is 4.20. The quantitative estimate of drug-likeness (QED) is 0.732. The Hall–Kier alpha value is -3.00. The molecule has 2 aromatic rings. The van der Waals surface area contributed by atoms with Crippen molar-refractivity contribution in [2.45, 2.75) is 45.8 Å². The van der Waals surface area contributed by atoms with Gasteiger partial charge in [-0.1, -0.05) is 6.07 Å². The van der Waals surface area contributed by atoms with Gasteiger partial charge in [-0.2, -0.15) is 0 Å². The van der Waals surface area contributed by atoms with Gasteiger partial charge in [0.1, 0.15) is 23.8 Å². The van der Waals surface area contributed by atoms with E-state index in [9.17, 15) is 4.79 Å². The molecule has 8 heteroatoms. The highest BCUT2D eigenvalue weighted by Gasteiger charge is 2.35. The van der Waals surface area contributed by atoms with Crippen LogP contribution >= 0.6 is 0 Å². The van der Waals surface area contributed by atoms with Gasteiger partial charge in [0, 0.05) is 44.0 Å². The molecule has 1 aromatic heterocycles. The van der Waals surface area contributed by atoms with Crippen molar-refractivity contribution in [1.29, 1.82) is 0 Å². The summed E-state index contributed by atoms with van der Waals surface area (Å²) >= 11 is 0. The number of anilines is 3. The molecule has 1 aromatic carbocycles. The van der Waals surface area contributed by atoms with Crippen molar-refractivity contribution in [3.05, 3.63) is 41.1 Å². The highest BCUT2D eigenvalue weighted by Crippen LogP contribution is 2.41. The van der Waals surface area contributed by atoms with E-state index in [1.807, 2.05) is 27.0 Å². The monoisotopic (exact) mass is 452 g/mol. The van der Waals surface area contributed by atoms with Gasteiger partial charge in [-0.25, -0.2) is 9.78 Å². The second-order valence-corrected chi connectivity index (χ2v) is 9.97. The van der Waals surface area contributed by atoms with E-state index in [1.165, 1.54) is 5.56 Å². The molecule has 2 saturated heterocycles. The standard InChI is InChI=1S/C25H32N4O4/c1-16-11-17(18-13-29(14-18)24(30)33-25(2,3)4)12-20-22(16)32-15-19-21(5-6-26-23(19)27-20)28-7-9-31-10-8-28/h5-6,11-12,18H,7-10,13-15H2,1-4H3,(H,26,27). The summed E-state index contributed by atoms with van der Waals surface area (Å²) in [6, 6.07) is 6.37. The van der Waals surface area contributed by atoms with Crippen molar-refractivity contribution in [2.75, 3.05) is 49.6 Å². The number of ether oxygens (including phenoxy) is 3. The number of hydrogen-bond donors (Lipinski definition) is 1. The van der Waals surface area contributed by atoms with Gasteiger partial charge in [0.2, 0.25) is 0 Å². The summed E-state index contributed by atoms with van der Waals surface area (Å²) in [5, 5.41) is 3.53. The van der Waals surface area contributed by atoms with E-state index in [-0.39, 0.29) is 12.0 Å². The van der Waals surface area contributed by atoms with E-state index in [0.717, 1.165) is 60.4 Å². The molecule has 176 valence electrons. The highest BCUT2D eigenvalue weighted by molar-refractivity contribution is 5.75. The molecule has 3 aliphatic heterocycles. The fraction of sp³-hybridized carbons (Fsp3) is 0.520. The van der Waals surface area contributed by atoms with Crippen molar-refractivity contribution in [3.63, 3.8) is 0 Å². The number of fused-ring (bicyclic) bond motifs is 2. The minimum atomic E-state index is -0.482. The largest absolute Gasteiger partial charge is 0.486 e. The predicted molar refractivity (Wildman–Crippen MR) is 127 cm³/mol. The molecule has 0 saturated carbocycles. The lowest BCUT2D eigenvalue weighted by Crippen LogP contribution is -2.50. The third kappa shape index (κ3) is 4.44. The van der Waals surface area contributed by atoms with Gasteiger partial charge in [-0.05, 0) is 51.0 Å². The molecule has 0 radical (unpaired) electrons. The Morgan fingerprint density at radius 1 is 1.21 bits per heavy atom. The number of nitrogens with zero attached hydrogens (tertiary/aromatic N) is 3. The average molecular weight is 453 g/mol.